The summed E-state index contributed by atoms with van der Waals surface area (Å²) in [7, 11) is 1.79. The predicted octanol–water partition coefficient (Wildman–Crippen LogP) is 5.37. The molecule has 1 aromatic carbocycles. The molecule has 1 amide bonds. The van der Waals surface area contributed by atoms with Crippen LogP contribution in [0.2, 0.25) is 5.02 Å². The van der Waals surface area contributed by atoms with E-state index in [4.69, 9.17) is 11.6 Å². The van der Waals surface area contributed by atoms with Gasteiger partial charge in [0.15, 0.2) is 5.65 Å². The molecule has 1 aliphatic rings. The number of halogens is 3. The van der Waals surface area contributed by atoms with Crippen molar-refractivity contribution in [1.29, 1.82) is 0 Å². The number of thioether (sulfide) groups is 1. The zero-order chi connectivity index (χ0) is 20.0. The molecule has 0 radical (unpaired) electrons. The van der Waals surface area contributed by atoms with Crippen LogP contribution in [0.4, 0.5) is 14.5 Å². The number of fused-ring (bicyclic) bond motifs is 1. The number of pyridine rings is 1. The van der Waals surface area contributed by atoms with E-state index in [0.29, 0.717) is 40.0 Å². The summed E-state index contributed by atoms with van der Waals surface area (Å²) in [6.07, 6.45) is 2.08. The molecule has 2 aromatic heterocycles. The maximum atomic E-state index is 13.1. The van der Waals surface area contributed by atoms with Crippen LogP contribution in [0.1, 0.15) is 40.5 Å². The number of carbonyl (C=O) groups is 1. The Morgan fingerprint density at radius 3 is 2.82 bits per heavy atom. The van der Waals surface area contributed by atoms with Gasteiger partial charge in [0.2, 0.25) is 0 Å². The van der Waals surface area contributed by atoms with Crippen LogP contribution < -0.4 is 5.32 Å². The van der Waals surface area contributed by atoms with Crippen molar-refractivity contribution < 1.29 is 13.6 Å². The zero-order valence-corrected chi connectivity index (χ0v) is 16.7. The minimum atomic E-state index is -2.65. The molecule has 1 fully saturated rings. The van der Waals surface area contributed by atoms with Gasteiger partial charge in [0, 0.05) is 18.7 Å². The van der Waals surface area contributed by atoms with E-state index >= 15 is 0 Å². The number of amides is 1. The Morgan fingerprint density at radius 2 is 2.14 bits per heavy atom. The average molecular weight is 423 g/mol. The van der Waals surface area contributed by atoms with Gasteiger partial charge in [-0.15, -0.1) is 0 Å². The van der Waals surface area contributed by atoms with Crippen LogP contribution in [0.3, 0.4) is 0 Å². The van der Waals surface area contributed by atoms with E-state index in [-0.39, 0.29) is 15.6 Å². The molecule has 0 saturated heterocycles. The third-order valence-corrected chi connectivity index (χ3v) is 5.93. The minimum Gasteiger partial charge on any atom is -0.321 e. The molecule has 3 aromatic rings. The number of benzene rings is 1. The highest BCUT2D eigenvalue weighted by molar-refractivity contribution is 7.99. The molecule has 0 bridgehead atoms. The molecular formula is C19H17ClF2N4OS. The summed E-state index contributed by atoms with van der Waals surface area (Å²) in [5, 5.41) is 7.96. The molecule has 5 nitrogen and oxygen atoms in total. The van der Waals surface area contributed by atoms with Crippen molar-refractivity contribution in [3.8, 4) is 0 Å². The van der Waals surface area contributed by atoms with Gasteiger partial charge < -0.3 is 5.32 Å². The van der Waals surface area contributed by atoms with E-state index in [0.717, 1.165) is 18.5 Å². The highest BCUT2D eigenvalue weighted by Crippen LogP contribution is 2.41. The van der Waals surface area contributed by atoms with Crippen molar-refractivity contribution in [2.24, 2.45) is 7.05 Å². The largest absolute Gasteiger partial charge is 0.321 e. The van der Waals surface area contributed by atoms with E-state index in [9.17, 15) is 13.6 Å². The van der Waals surface area contributed by atoms with Crippen molar-refractivity contribution in [2.45, 2.75) is 36.3 Å². The van der Waals surface area contributed by atoms with Crippen LogP contribution in [0.5, 0.6) is 0 Å². The highest BCUT2D eigenvalue weighted by atomic mass is 35.5. The second-order valence-electron chi connectivity index (χ2n) is 6.73. The van der Waals surface area contributed by atoms with Crippen molar-refractivity contribution in [2.75, 3.05) is 5.32 Å². The van der Waals surface area contributed by atoms with E-state index in [1.807, 2.05) is 6.92 Å². The van der Waals surface area contributed by atoms with Crippen LogP contribution in [0.25, 0.3) is 11.0 Å². The molecule has 2 heterocycles. The summed E-state index contributed by atoms with van der Waals surface area (Å²) in [6, 6.07) is 6.48. The van der Waals surface area contributed by atoms with Crippen LogP contribution in [0, 0.1) is 6.92 Å². The van der Waals surface area contributed by atoms with Gasteiger partial charge in [0.05, 0.1) is 32.2 Å². The van der Waals surface area contributed by atoms with Gasteiger partial charge in [-0.2, -0.15) is 13.9 Å². The molecule has 0 spiro atoms. The van der Waals surface area contributed by atoms with Crippen LogP contribution in [-0.4, -0.2) is 26.4 Å². The maximum Gasteiger partial charge on any atom is 0.289 e. The van der Waals surface area contributed by atoms with Crippen molar-refractivity contribution >= 4 is 46.0 Å². The lowest BCUT2D eigenvalue weighted by molar-refractivity contribution is 0.102. The van der Waals surface area contributed by atoms with E-state index in [1.165, 1.54) is 6.07 Å². The van der Waals surface area contributed by atoms with Crippen LogP contribution >= 0.6 is 23.4 Å². The SMILES string of the molecule is Cc1nn(C)c2nc(C3CC3)cc(C(=O)Nc3cccc(Cl)c3SC(F)F)c12. The van der Waals surface area contributed by atoms with Gasteiger partial charge in [-0.05, 0) is 38.0 Å². The molecular weight excluding hydrogens is 406 g/mol. The molecule has 1 aliphatic carbocycles. The third kappa shape index (κ3) is 3.58. The first-order valence-corrected chi connectivity index (χ1v) is 10.00. The molecule has 1 N–H and O–H groups in total. The topological polar surface area (TPSA) is 59.8 Å². The second kappa shape index (κ2) is 7.33. The minimum absolute atomic E-state index is 0.142. The molecule has 28 heavy (non-hydrogen) atoms. The van der Waals surface area contributed by atoms with Gasteiger partial charge >= 0.3 is 0 Å². The standard InChI is InChI=1S/C19H17ClF2N4OS/c1-9-15-11(8-14(10-6-7-10)23-17(15)26(2)25-9)18(27)24-13-5-3-4-12(20)16(13)28-19(21)22/h3-5,8,10,19H,6-7H2,1-2H3,(H,24,27). The predicted molar refractivity (Wildman–Crippen MR) is 106 cm³/mol. The van der Waals surface area contributed by atoms with Gasteiger partial charge in [-0.25, -0.2) is 4.98 Å². The fourth-order valence-corrected chi connectivity index (χ4v) is 4.15. The zero-order valence-electron chi connectivity index (χ0n) is 15.2. The summed E-state index contributed by atoms with van der Waals surface area (Å²) >= 11 is 6.38. The summed E-state index contributed by atoms with van der Waals surface area (Å²) in [4.78, 5) is 17.9. The quantitative estimate of drug-likeness (QED) is 0.561. The lowest BCUT2D eigenvalue weighted by Gasteiger charge is -2.13. The fraction of sp³-hybridized carbons (Fsp3) is 0.316. The van der Waals surface area contributed by atoms with Crippen molar-refractivity contribution in [3.63, 3.8) is 0 Å². The Morgan fingerprint density at radius 1 is 1.39 bits per heavy atom. The Kier molecular flexibility index (Phi) is 5.01. The summed E-state index contributed by atoms with van der Waals surface area (Å²) in [5.74, 6) is -2.70. The summed E-state index contributed by atoms with van der Waals surface area (Å²) in [6.45, 7) is 1.81. The Labute approximate surface area is 169 Å². The highest BCUT2D eigenvalue weighted by Gasteiger charge is 2.28. The molecule has 0 atom stereocenters. The van der Waals surface area contributed by atoms with Gasteiger partial charge in [-0.3, -0.25) is 9.48 Å². The first-order valence-electron chi connectivity index (χ1n) is 8.74. The molecule has 4 rings (SSSR count). The number of hydrogen-bond acceptors (Lipinski definition) is 4. The van der Waals surface area contributed by atoms with Gasteiger partial charge in [-0.1, -0.05) is 29.4 Å². The van der Waals surface area contributed by atoms with Crippen molar-refractivity contribution in [1.82, 2.24) is 14.8 Å². The number of anilines is 1. The molecule has 0 unspecified atom stereocenters. The third-order valence-electron chi connectivity index (χ3n) is 4.65. The average Bonchev–Trinajstić information content (AvgIpc) is 3.44. The normalized spacial score (nSPS) is 14.1. The van der Waals surface area contributed by atoms with E-state index in [1.54, 1.807) is 29.9 Å². The maximum absolute atomic E-state index is 13.1. The summed E-state index contributed by atoms with van der Waals surface area (Å²) < 4.78 is 27.5. The number of aryl methyl sites for hydroxylation is 2. The lowest BCUT2D eigenvalue weighted by atomic mass is 10.1. The number of carbonyl (C=O) groups excluding carboxylic acids is 1. The van der Waals surface area contributed by atoms with E-state index in [2.05, 4.69) is 15.4 Å². The Hall–Kier alpha value is -2.19. The number of hydrogen-bond donors (Lipinski definition) is 1. The fourth-order valence-electron chi connectivity index (χ4n) is 3.24. The molecule has 0 aliphatic heterocycles. The second-order valence-corrected chi connectivity index (χ2v) is 8.13. The van der Waals surface area contributed by atoms with Crippen LogP contribution in [0.15, 0.2) is 29.2 Å². The molecule has 9 heteroatoms. The number of aromatic nitrogens is 3. The monoisotopic (exact) mass is 422 g/mol. The smallest absolute Gasteiger partial charge is 0.289 e. The lowest BCUT2D eigenvalue weighted by Crippen LogP contribution is -2.14. The Balaban J connectivity index is 1.77. The molecule has 146 valence electrons. The van der Waals surface area contributed by atoms with Crippen molar-refractivity contribution in [3.05, 3.63) is 46.2 Å². The van der Waals surface area contributed by atoms with E-state index < -0.39 is 11.7 Å². The summed E-state index contributed by atoms with van der Waals surface area (Å²) in [5.41, 5.74) is 2.87. The number of nitrogens with one attached hydrogen (secondary N) is 1. The van der Waals surface area contributed by atoms with Gasteiger partial charge in [0.25, 0.3) is 11.7 Å². The van der Waals surface area contributed by atoms with Crippen LogP contribution in [-0.2, 0) is 7.05 Å². The number of nitrogens with zero attached hydrogens (tertiary/aromatic N) is 3. The number of alkyl halides is 2. The number of rotatable bonds is 5. The first kappa shape index (κ1) is 19.1. The Bertz CT molecular complexity index is 1080. The first-order chi connectivity index (χ1) is 13.3. The molecule has 1 saturated carbocycles. The van der Waals surface area contributed by atoms with Gasteiger partial charge in [0.1, 0.15) is 0 Å².